The molecule has 4 nitrogen and oxygen atoms in total. The molecular weight excluding hydrogens is 216 g/mol. The molecular formula is C13H14N2O2. The minimum Gasteiger partial charge on any atom is -0.351 e. The van der Waals surface area contributed by atoms with E-state index in [1.165, 1.54) is 17.8 Å². The Kier molecular flexibility index (Phi) is 2.95. The summed E-state index contributed by atoms with van der Waals surface area (Å²) in [4.78, 5) is 11.8. The van der Waals surface area contributed by atoms with Crippen molar-refractivity contribution in [3.05, 3.63) is 46.8 Å². The number of benzene rings is 1. The van der Waals surface area contributed by atoms with Gasteiger partial charge >= 0.3 is 0 Å². The van der Waals surface area contributed by atoms with Crippen LogP contribution in [0.5, 0.6) is 0 Å². The number of aryl methyl sites for hydroxylation is 3. The predicted molar refractivity (Wildman–Crippen MR) is 65.1 cm³/mol. The average molecular weight is 230 g/mol. The molecule has 0 atom stereocenters. The quantitative estimate of drug-likeness (QED) is 0.863. The van der Waals surface area contributed by atoms with E-state index >= 15 is 0 Å². The summed E-state index contributed by atoms with van der Waals surface area (Å²) in [5.41, 5.74) is 4.08. The highest BCUT2D eigenvalue weighted by molar-refractivity contribution is 6.03. The Morgan fingerprint density at radius 2 is 1.88 bits per heavy atom. The Balaban J connectivity index is 2.28. The Morgan fingerprint density at radius 1 is 1.24 bits per heavy atom. The van der Waals surface area contributed by atoms with E-state index in [-0.39, 0.29) is 11.7 Å². The van der Waals surface area contributed by atoms with Crippen LogP contribution >= 0.6 is 0 Å². The van der Waals surface area contributed by atoms with E-state index in [0.717, 1.165) is 16.8 Å². The smallest absolute Gasteiger partial charge is 0.294 e. The molecule has 88 valence electrons. The maximum absolute atomic E-state index is 11.8. The lowest BCUT2D eigenvalue weighted by Gasteiger charge is -2.11. The zero-order chi connectivity index (χ0) is 12.4. The van der Waals surface area contributed by atoms with Crippen LogP contribution in [0.3, 0.4) is 0 Å². The molecule has 0 aliphatic heterocycles. The highest BCUT2D eigenvalue weighted by Crippen LogP contribution is 2.22. The molecule has 4 heteroatoms. The van der Waals surface area contributed by atoms with Crippen LogP contribution in [0.2, 0.25) is 0 Å². The normalized spacial score (nSPS) is 10.3. The van der Waals surface area contributed by atoms with Crippen molar-refractivity contribution < 1.29 is 9.32 Å². The van der Waals surface area contributed by atoms with E-state index in [2.05, 4.69) is 10.5 Å². The van der Waals surface area contributed by atoms with Crippen LogP contribution in [0, 0.1) is 20.8 Å². The summed E-state index contributed by atoms with van der Waals surface area (Å²) in [7, 11) is 0. The molecule has 1 aromatic heterocycles. The molecule has 0 saturated heterocycles. The van der Waals surface area contributed by atoms with Crippen LogP contribution in [0.25, 0.3) is 0 Å². The second-order valence-electron chi connectivity index (χ2n) is 4.10. The number of nitrogens with one attached hydrogen (secondary N) is 1. The molecule has 0 radical (unpaired) electrons. The number of hydrogen-bond donors (Lipinski definition) is 1. The molecule has 0 unspecified atom stereocenters. The molecule has 0 saturated carbocycles. The molecule has 1 aromatic carbocycles. The van der Waals surface area contributed by atoms with Crippen LogP contribution in [-0.4, -0.2) is 11.1 Å². The lowest BCUT2D eigenvalue weighted by atomic mass is 10.1. The first-order valence-corrected chi connectivity index (χ1v) is 5.38. The van der Waals surface area contributed by atoms with Crippen molar-refractivity contribution in [1.82, 2.24) is 5.16 Å². The van der Waals surface area contributed by atoms with E-state index in [1.54, 1.807) is 0 Å². The first kappa shape index (κ1) is 11.4. The fourth-order valence-corrected chi connectivity index (χ4v) is 1.89. The fraction of sp³-hybridized carbons (Fsp3) is 0.231. The molecule has 2 aromatic rings. The van der Waals surface area contributed by atoms with E-state index in [4.69, 9.17) is 4.52 Å². The molecule has 0 fully saturated rings. The largest absolute Gasteiger partial charge is 0.351 e. The number of amides is 1. The number of carbonyl (C=O) groups excluding carboxylic acids is 1. The van der Waals surface area contributed by atoms with Gasteiger partial charge in [0.05, 0.1) is 6.20 Å². The Morgan fingerprint density at radius 3 is 2.41 bits per heavy atom. The number of carbonyl (C=O) groups is 1. The maximum Gasteiger partial charge on any atom is 0.294 e. The van der Waals surface area contributed by atoms with Crippen molar-refractivity contribution in [1.29, 1.82) is 0 Å². The molecule has 0 spiro atoms. The van der Waals surface area contributed by atoms with Crippen molar-refractivity contribution in [2.45, 2.75) is 20.8 Å². The van der Waals surface area contributed by atoms with E-state index in [9.17, 15) is 4.79 Å². The average Bonchev–Trinajstić information content (AvgIpc) is 2.76. The first-order valence-electron chi connectivity index (χ1n) is 5.38. The van der Waals surface area contributed by atoms with Crippen LogP contribution < -0.4 is 5.32 Å². The van der Waals surface area contributed by atoms with Gasteiger partial charge in [0.25, 0.3) is 5.91 Å². The molecule has 17 heavy (non-hydrogen) atoms. The molecule has 1 N–H and O–H groups in total. The fourth-order valence-electron chi connectivity index (χ4n) is 1.89. The van der Waals surface area contributed by atoms with Gasteiger partial charge in [-0.25, -0.2) is 0 Å². The maximum atomic E-state index is 11.8. The Hall–Kier alpha value is -2.10. The van der Waals surface area contributed by atoms with Gasteiger partial charge in [-0.1, -0.05) is 22.9 Å². The molecule has 0 aliphatic rings. The summed E-state index contributed by atoms with van der Waals surface area (Å²) in [6, 6.07) is 5.60. The third kappa shape index (κ3) is 2.36. The second-order valence-corrected chi connectivity index (χ2v) is 4.10. The molecule has 1 amide bonds. The standard InChI is InChI=1S/C13H14N2O2/c1-8-6-9(2)12(10(3)7-8)15-13(16)11-4-5-14-17-11/h4-7H,1-3H3,(H,15,16). The molecule has 0 bridgehead atoms. The van der Waals surface area contributed by atoms with Gasteiger partial charge in [-0.05, 0) is 31.9 Å². The zero-order valence-electron chi connectivity index (χ0n) is 10.1. The number of rotatable bonds is 2. The highest BCUT2D eigenvalue weighted by Gasteiger charge is 2.12. The van der Waals surface area contributed by atoms with Crippen molar-refractivity contribution >= 4 is 11.6 Å². The van der Waals surface area contributed by atoms with Gasteiger partial charge in [-0.2, -0.15) is 0 Å². The van der Waals surface area contributed by atoms with E-state index in [1.807, 2.05) is 32.9 Å². The number of nitrogens with zero attached hydrogens (tertiary/aromatic N) is 1. The number of aromatic nitrogens is 1. The van der Waals surface area contributed by atoms with Gasteiger partial charge in [0.1, 0.15) is 0 Å². The molecule has 0 aliphatic carbocycles. The third-order valence-electron chi connectivity index (χ3n) is 2.58. The summed E-state index contributed by atoms with van der Waals surface area (Å²) in [6.07, 6.45) is 1.45. The van der Waals surface area contributed by atoms with Crippen LogP contribution in [0.4, 0.5) is 5.69 Å². The van der Waals surface area contributed by atoms with Gasteiger partial charge in [0.15, 0.2) is 0 Å². The number of anilines is 1. The highest BCUT2D eigenvalue weighted by atomic mass is 16.5. The number of hydrogen-bond acceptors (Lipinski definition) is 3. The summed E-state index contributed by atoms with van der Waals surface area (Å²) < 4.78 is 4.81. The van der Waals surface area contributed by atoms with E-state index < -0.39 is 0 Å². The summed E-state index contributed by atoms with van der Waals surface area (Å²) in [5.74, 6) is -0.0677. The summed E-state index contributed by atoms with van der Waals surface area (Å²) >= 11 is 0. The SMILES string of the molecule is Cc1cc(C)c(NC(=O)c2ccno2)c(C)c1. The van der Waals surface area contributed by atoms with Crippen molar-refractivity contribution in [3.63, 3.8) is 0 Å². The first-order chi connectivity index (χ1) is 8.08. The summed E-state index contributed by atoms with van der Waals surface area (Å²) in [6.45, 7) is 5.97. The second kappa shape index (κ2) is 4.41. The summed E-state index contributed by atoms with van der Waals surface area (Å²) in [5, 5.41) is 6.34. The topological polar surface area (TPSA) is 55.1 Å². The Labute approximate surface area is 99.6 Å². The minimum atomic E-state index is -0.280. The monoisotopic (exact) mass is 230 g/mol. The zero-order valence-corrected chi connectivity index (χ0v) is 10.1. The van der Waals surface area contributed by atoms with Crippen molar-refractivity contribution in [2.75, 3.05) is 5.32 Å². The van der Waals surface area contributed by atoms with Gasteiger partial charge in [-0.15, -0.1) is 0 Å². The Bertz CT molecular complexity index is 522. The van der Waals surface area contributed by atoms with Gasteiger partial charge in [-0.3, -0.25) is 4.79 Å². The minimum absolute atomic E-state index is 0.212. The lowest BCUT2D eigenvalue weighted by molar-refractivity contribution is 0.0987. The lowest BCUT2D eigenvalue weighted by Crippen LogP contribution is -2.13. The molecule has 1 heterocycles. The third-order valence-corrected chi connectivity index (χ3v) is 2.58. The van der Waals surface area contributed by atoms with Gasteiger partial charge < -0.3 is 9.84 Å². The van der Waals surface area contributed by atoms with Gasteiger partial charge in [0, 0.05) is 11.8 Å². The van der Waals surface area contributed by atoms with Crippen molar-refractivity contribution in [2.24, 2.45) is 0 Å². The van der Waals surface area contributed by atoms with E-state index in [0.29, 0.717) is 0 Å². The predicted octanol–water partition coefficient (Wildman–Crippen LogP) is 2.85. The van der Waals surface area contributed by atoms with Crippen LogP contribution in [-0.2, 0) is 0 Å². The molecule has 2 rings (SSSR count). The van der Waals surface area contributed by atoms with Crippen molar-refractivity contribution in [3.8, 4) is 0 Å². The van der Waals surface area contributed by atoms with Crippen LogP contribution in [0.15, 0.2) is 28.9 Å². The van der Waals surface area contributed by atoms with Gasteiger partial charge in [0.2, 0.25) is 5.76 Å². The van der Waals surface area contributed by atoms with Crippen LogP contribution in [0.1, 0.15) is 27.2 Å².